The number of benzene rings is 1. The third-order valence-electron chi connectivity index (χ3n) is 4.16. The zero-order valence-corrected chi connectivity index (χ0v) is 13.0. The Labute approximate surface area is 119 Å². The molecule has 0 saturated heterocycles. The summed E-state index contributed by atoms with van der Waals surface area (Å²) in [5.41, 5.74) is 10.4. The van der Waals surface area contributed by atoms with Crippen molar-refractivity contribution >= 4 is 0 Å². The fourth-order valence-electron chi connectivity index (χ4n) is 2.65. The molecule has 0 saturated carbocycles. The van der Waals surface area contributed by atoms with Crippen LogP contribution in [-0.2, 0) is 0 Å². The molecule has 2 N–H and O–H groups in total. The highest BCUT2D eigenvalue weighted by molar-refractivity contribution is 5.35. The smallest absolute Gasteiger partial charge is 0.0297 e. The van der Waals surface area contributed by atoms with Gasteiger partial charge in [-0.1, -0.05) is 70.1 Å². The summed E-state index contributed by atoms with van der Waals surface area (Å²) in [4.78, 5) is 0. The molecule has 0 heterocycles. The maximum atomic E-state index is 6.33. The van der Waals surface area contributed by atoms with E-state index in [1.54, 1.807) is 0 Å². The van der Waals surface area contributed by atoms with E-state index in [-0.39, 0.29) is 6.04 Å². The van der Waals surface area contributed by atoms with Gasteiger partial charge < -0.3 is 5.73 Å². The van der Waals surface area contributed by atoms with Gasteiger partial charge in [-0.3, -0.25) is 0 Å². The van der Waals surface area contributed by atoms with Crippen LogP contribution in [0, 0.1) is 13.8 Å². The molecule has 0 aliphatic carbocycles. The van der Waals surface area contributed by atoms with E-state index in [1.165, 1.54) is 61.6 Å². The lowest BCUT2D eigenvalue weighted by Crippen LogP contribution is -2.12. The molecule has 1 aromatic carbocycles. The molecule has 1 rings (SSSR count). The lowest BCUT2D eigenvalue weighted by molar-refractivity contribution is 0.540. The van der Waals surface area contributed by atoms with Crippen molar-refractivity contribution in [3.63, 3.8) is 0 Å². The van der Waals surface area contributed by atoms with E-state index >= 15 is 0 Å². The third-order valence-corrected chi connectivity index (χ3v) is 4.16. The van der Waals surface area contributed by atoms with Crippen LogP contribution in [0.1, 0.15) is 81.0 Å². The molecule has 19 heavy (non-hydrogen) atoms. The Bertz CT molecular complexity index is 357. The predicted octanol–water partition coefficient (Wildman–Crippen LogP) is 5.44. The molecule has 0 fully saturated rings. The fraction of sp³-hybridized carbons (Fsp3) is 0.667. The summed E-state index contributed by atoms with van der Waals surface area (Å²) >= 11 is 0. The van der Waals surface area contributed by atoms with E-state index < -0.39 is 0 Å². The second-order valence-electron chi connectivity index (χ2n) is 5.81. The second-order valence-corrected chi connectivity index (χ2v) is 5.81. The Morgan fingerprint density at radius 2 is 1.58 bits per heavy atom. The monoisotopic (exact) mass is 261 g/mol. The van der Waals surface area contributed by atoms with Gasteiger partial charge >= 0.3 is 0 Å². The number of hydrogen-bond acceptors (Lipinski definition) is 1. The molecule has 1 nitrogen and oxygen atoms in total. The highest BCUT2D eigenvalue weighted by atomic mass is 14.6. The highest BCUT2D eigenvalue weighted by Crippen LogP contribution is 2.23. The van der Waals surface area contributed by atoms with Crippen molar-refractivity contribution in [2.24, 2.45) is 5.73 Å². The SMILES string of the molecule is CCCCCCCCCC(N)c1cccc(C)c1C. The van der Waals surface area contributed by atoms with Gasteiger partial charge in [-0.05, 0) is 37.0 Å². The van der Waals surface area contributed by atoms with Gasteiger partial charge in [-0.2, -0.15) is 0 Å². The zero-order chi connectivity index (χ0) is 14.1. The van der Waals surface area contributed by atoms with Crippen LogP contribution in [0.5, 0.6) is 0 Å². The lowest BCUT2D eigenvalue weighted by atomic mass is 9.94. The number of unbranched alkanes of at least 4 members (excludes halogenated alkanes) is 6. The third kappa shape index (κ3) is 5.78. The summed E-state index contributed by atoms with van der Waals surface area (Å²) < 4.78 is 0. The van der Waals surface area contributed by atoms with E-state index in [0.717, 1.165) is 6.42 Å². The first-order chi connectivity index (χ1) is 9.16. The van der Waals surface area contributed by atoms with Gasteiger partial charge in [0.1, 0.15) is 0 Å². The minimum Gasteiger partial charge on any atom is -0.324 e. The van der Waals surface area contributed by atoms with Gasteiger partial charge in [0, 0.05) is 6.04 Å². The summed E-state index contributed by atoms with van der Waals surface area (Å²) in [7, 11) is 0. The number of aryl methyl sites for hydroxylation is 1. The van der Waals surface area contributed by atoms with Crippen molar-refractivity contribution in [2.45, 2.75) is 78.2 Å². The van der Waals surface area contributed by atoms with Crippen LogP contribution in [-0.4, -0.2) is 0 Å². The van der Waals surface area contributed by atoms with Crippen LogP contribution in [0.15, 0.2) is 18.2 Å². The van der Waals surface area contributed by atoms with Crippen LogP contribution in [0.4, 0.5) is 0 Å². The minimum atomic E-state index is 0.218. The maximum Gasteiger partial charge on any atom is 0.0297 e. The topological polar surface area (TPSA) is 26.0 Å². The van der Waals surface area contributed by atoms with Crippen molar-refractivity contribution < 1.29 is 0 Å². The van der Waals surface area contributed by atoms with Crippen LogP contribution in [0.2, 0.25) is 0 Å². The van der Waals surface area contributed by atoms with Crippen molar-refractivity contribution in [2.75, 3.05) is 0 Å². The molecule has 0 radical (unpaired) electrons. The Morgan fingerprint density at radius 1 is 0.947 bits per heavy atom. The largest absolute Gasteiger partial charge is 0.324 e. The van der Waals surface area contributed by atoms with Crippen LogP contribution in [0.25, 0.3) is 0 Å². The summed E-state index contributed by atoms with van der Waals surface area (Å²) in [5.74, 6) is 0. The van der Waals surface area contributed by atoms with Gasteiger partial charge in [0.25, 0.3) is 0 Å². The van der Waals surface area contributed by atoms with Gasteiger partial charge in [-0.25, -0.2) is 0 Å². The van der Waals surface area contributed by atoms with Crippen molar-refractivity contribution in [1.29, 1.82) is 0 Å². The van der Waals surface area contributed by atoms with Crippen molar-refractivity contribution in [3.8, 4) is 0 Å². The average Bonchev–Trinajstić information content (AvgIpc) is 2.40. The van der Waals surface area contributed by atoms with E-state index in [2.05, 4.69) is 39.0 Å². The molecule has 1 unspecified atom stereocenters. The first kappa shape index (κ1) is 16.2. The maximum absolute atomic E-state index is 6.33. The Hall–Kier alpha value is -0.820. The normalized spacial score (nSPS) is 12.6. The molecule has 0 bridgehead atoms. The molecule has 0 aromatic heterocycles. The zero-order valence-electron chi connectivity index (χ0n) is 13.0. The predicted molar refractivity (Wildman–Crippen MR) is 85.5 cm³/mol. The Balaban J connectivity index is 2.24. The molecular weight excluding hydrogens is 230 g/mol. The molecule has 108 valence electrons. The minimum absolute atomic E-state index is 0.218. The van der Waals surface area contributed by atoms with E-state index in [9.17, 15) is 0 Å². The second kappa shape index (κ2) is 9.14. The van der Waals surface area contributed by atoms with E-state index in [0.29, 0.717) is 0 Å². The molecule has 1 atom stereocenters. The summed E-state index contributed by atoms with van der Waals surface area (Å²) in [5, 5.41) is 0. The van der Waals surface area contributed by atoms with Crippen LogP contribution >= 0.6 is 0 Å². The lowest BCUT2D eigenvalue weighted by Gasteiger charge is -2.16. The fourth-order valence-corrected chi connectivity index (χ4v) is 2.65. The summed E-state index contributed by atoms with van der Waals surface area (Å²) in [6, 6.07) is 6.70. The molecule has 1 aromatic rings. The molecular formula is C18H31N. The first-order valence-corrected chi connectivity index (χ1v) is 7.98. The first-order valence-electron chi connectivity index (χ1n) is 7.98. The van der Waals surface area contributed by atoms with Gasteiger partial charge in [0.05, 0.1) is 0 Å². The van der Waals surface area contributed by atoms with Gasteiger partial charge in [0.15, 0.2) is 0 Å². The van der Waals surface area contributed by atoms with E-state index in [4.69, 9.17) is 5.73 Å². The molecule has 1 heteroatoms. The van der Waals surface area contributed by atoms with Gasteiger partial charge in [0.2, 0.25) is 0 Å². The molecule has 0 aliphatic heterocycles. The Morgan fingerprint density at radius 3 is 2.26 bits per heavy atom. The van der Waals surface area contributed by atoms with Crippen molar-refractivity contribution in [1.82, 2.24) is 0 Å². The molecule has 0 aliphatic rings. The van der Waals surface area contributed by atoms with Gasteiger partial charge in [-0.15, -0.1) is 0 Å². The summed E-state index contributed by atoms with van der Waals surface area (Å²) in [6.45, 7) is 6.62. The number of hydrogen-bond donors (Lipinski definition) is 1. The molecule has 0 spiro atoms. The molecule has 0 amide bonds. The number of nitrogens with two attached hydrogens (primary N) is 1. The Kier molecular flexibility index (Phi) is 7.81. The average molecular weight is 261 g/mol. The van der Waals surface area contributed by atoms with E-state index in [1.807, 2.05) is 0 Å². The highest BCUT2D eigenvalue weighted by Gasteiger charge is 2.09. The number of rotatable bonds is 9. The van der Waals surface area contributed by atoms with Crippen molar-refractivity contribution in [3.05, 3.63) is 34.9 Å². The quantitative estimate of drug-likeness (QED) is 0.588. The van der Waals surface area contributed by atoms with Crippen LogP contribution in [0.3, 0.4) is 0 Å². The standard InChI is InChI=1S/C18H31N/c1-4-5-6-7-8-9-10-14-18(19)17-13-11-12-15(2)16(17)3/h11-13,18H,4-10,14,19H2,1-3H3. The summed E-state index contributed by atoms with van der Waals surface area (Å²) in [6.07, 6.45) is 10.6. The van der Waals surface area contributed by atoms with Crippen LogP contribution < -0.4 is 5.73 Å².